The number of hydrogen-bond acceptors (Lipinski definition) is 3. The third kappa shape index (κ3) is 2.71. The molecule has 0 saturated carbocycles. The van der Waals surface area contributed by atoms with Gasteiger partial charge in [-0.1, -0.05) is 38.1 Å². The van der Waals surface area contributed by atoms with Gasteiger partial charge in [-0.05, 0) is 41.0 Å². The second-order valence-electron chi connectivity index (χ2n) is 6.36. The molecule has 0 atom stereocenters. The number of imidazole rings is 1. The van der Waals surface area contributed by atoms with Gasteiger partial charge in [-0.25, -0.2) is 9.97 Å². The smallest absolute Gasteiger partial charge is 0.178 e. The Balaban J connectivity index is 1.88. The Bertz CT molecular complexity index is 971. The molecule has 24 heavy (non-hydrogen) atoms. The largest absolute Gasteiger partial charge is 0.493 e. The Hall–Kier alpha value is -2.88. The predicted molar refractivity (Wildman–Crippen MR) is 97.2 cm³/mol. The van der Waals surface area contributed by atoms with Crippen molar-refractivity contribution in [3.63, 3.8) is 0 Å². The van der Waals surface area contributed by atoms with Crippen molar-refractivity contribution < 1.29 is 4.74 Å². The second-order valence-corrected chi connectivity index (χ2v) is 6.36. The third-order valence-corrected chi connectivity index (χ3v) is 3.93. The number of ether oxygens (including phenoxy) is 1. The van der Waals surface area contributed by atoms with Crippen LogP contribution in [0.15, 0.2) is 54.7 Å². The summed E-state index contributed by atoms with van der Waals surface area (Å²) in [5.74, 6) is 2.09. The third-order valence-electron chi connectivity index (χ3n) is 3.93. The van der Waals surface area contributed by atoms with Gasteiger partial charge in [0.1, 0.15) is 11.6 Å². The van der Waals surface area contributed by atoms with Crippen LogP contribution in [0, 0.1) is 5.92 Å². The summed E-state index contributed by atoms with van der Waals surface area (Å²) in [6, 6.07) is 16.4. The highest BCUT2D eigenvalue weighted by molar-refractivity contribution is 5.90. The first-order valence-electron chi connectivity index (χ1n) is 8.17. The molecule has 1 N–H and O–H groups in total. The number of benzene rings is 2. The molecule has 120 valence electrons. The Kier molecular flexibility index (Phi) is 3.65. The van der Waals surface area contributed by atoms with E-state index in [9.17, 15) is 0 Å². The van der Waals surface area contributed by atoms with E-state index in [1.54, 1.807) is 6.20 Å². The van der Waals surface area contributed by atoms with Crippen LogP contribution in [0.1, 0.15) is 13.8 Å². The minimum atomic E-state index is 0.460. The molecular formula is C20H19N3O. The molecule has 0 radical (unpaired) electrons. The predicted octanol–water partition coefficient (Wildman–Crippen LogP) is 4.81. The van der Waals surface area contributed by atoms with Gasteiger partial charge >= 0.3 is 0 Å². The van der Waals surface area contributed by atoms with E-state index in [4.69, 9.17) is 4.74 Å². The minimum absolute atomic E-state index is 0.460. The van der Waals surface area contributed by atoms with E-state index in [0.717, 1.165) is 39.1 Å². The molecule has 0 aliphatic carbocycles. The molecular weight excluding hydrogens is 298 g/mol. The van der Waals surface area contributed by atoms with Gasteiger partial charge in [0.15, 0.2) is 5.65 Å². The molecule has 4 aromatic rings. The summed E-state index contributed by atoms with van der Waals surface area (Å²) < 4.78 is 6.08. The van der Waals surface area contributed by atoms with Crippen molar-refractivity contribution in [3.05, 3.63) is 54.7 Å². The molecule has 0 fully saturated rings. The van der Waals surface area contributed by atoms with E-state index in [1.165, 1.54) is 0 Å². The summed E-state index contributed by atoms with van der Waals surface area (Å²) in [5, 5.41) is 2.33. The Morgan fingerprint density at radius 1 is 1.04 bits per heavy atom. The molecule has 2 heterocycles. The highest BCUT2D eigenvalue weighted by atomic mass is 16.5. The van der Waals surface area contributed by atoms with Gasteiger partial charge in [-0.2, -0.15) is 0 Å². The van der Waals surface area contributed by atoms with Crippen LogP contribution in [-0.4, -0.2) is 21.6 Å². The summed E-state index contributed by atoms with van der Waals surface area (Å²) in [6.07, 6.45) is 1.75. The van der Waals surface area contributed by atoms with Gasteiger partial charge < -0.3 is 9.72 Å². The zero-order chi connectivity index (χ0) is 16.5. The maximum atomic E-state index is 6.08. The lowest BCUT2D eigenvalue weighted by Gasteiger charge is -2.13. The molecule has 0 aliphatic rings. The van der Waals surface area contributed by atoms with Crippen LogP contribution in [0.3, 0.4) is 0 Å². The molecule has 0 bridgehead atoms. The number of rotatable bonds is 4. The molecule has 2 aromatic carbocycles. The van der Waals surface area contributed by atoms with Crippen molar-refractivity contribution >= 4 is 21.9 Å². The average molecular weight is 317 g/mol. The van der Waals surface area contributed by atoms with Gasteiger partial charge in [-0.3, -0.25) is 0 Å². The van der Waals surface area contributed by atoms with Crippen molar-refractivity contribution in [1.29, 1.82) is 0 Å². The van der Waals surface area contributed by atoms with E-state index in [-0.39, 0.29) is 0 Å². The van der Waals surface area contributed by atoms with Crippen molar-refractivity contribution in [3.8, 4) is 17.1 Å². The molecule has 0 saturated heterocycles. The number of nitrogens with zero attached hydrogens (tertiary/aromatic N) is 2. The monoisotopic (exact) mass is 317 g/mol. The van der Waals surface area contributed by atoms with E-state index >= 15 is 0 Å². The molecule has 4 rings (SSSR count). The molecule has 4 nitrogen and oxygen atoms in total. The van der Waals surface area contributed by atoms with Crippen LogP contribution in [0.2, 0.25) is 0 Å². The molecule has 0 spiro atoms. The van der Waals surface area contributed by atoms with E-state index < -0.39 is 0 Å². The van der Waals surface area contributed by atoms with Crippen molar-refractivity contribution in [2.45, 2.75) is 13.8 Å². The maximum Gasteiger partial charge on any atom is 0.178 e. The fourth-order valence-electron chi connectivity index (χ4n) is 2.75. The summed E-state index contributed by atoms with van der Waals surface area (Å²) >= 11 is 0. The first kappa shape index (κ1) is 14.7. The molecule has 0 amide bonds. The first-order valence-corrected chi connectivity index (χ1v) is 8.17. The fraction of sp³-hybridized carbons (Fsp3) is 0.200. The lowest BCUT2D eigenvalue weighted by atomic mass is 10.1. The van der Waals surface area contributed by atoms with Gasteiger partial charge in [-0.15, -0.1) is 0 Å². The molecule has 0 aliphatic heterocycles. The molecule has 0 unspecified atom stereocenters. The molecule has 4 heteroatoms. The average Bonchev–Trinajstić information content (AvgIpc) is 3.03. The standard InChI is InChI=1S/C20H19N3O/c1-13(2)12-24-18-11-15-7-4-3-6-14(15)10-16(18)19-22-17-8-5-9-21-20(17)23-19/h3-11,13H,12H2,1-2H3,(H,21,22,23). The fourth-order valence-corrected chi connectivity index (χ4v) is 2.75. The van der Waals surface area contributed by atoms with Crippen LogP contribution in [-0.2, 0) is 0 Å². The van der Waals surface area contributed by atoms with Crippen molar-refractivity contribution in [2.75, 3.05) is 6.61 Å². The number of hydrogen-bond donors (Lipinski definition) is 1. The van der Waals surface area contributed by atoms with Crippen molar-refractivity contribution in [1.82, 2.24) is 15.0 Å². The summed E-state index contributed by atoms with van der Waals surface area (Å²) in [4.78, 5) is 12.3. The normalized spacial score (nSPS) is 11.5. The van der Waals surface area contributed by atoms with Gasteiger partial charge in [0.2, 0.25) is 0 Å². The van der Waals surface area contributed by atoms with Crippen LogP contribution >= 0.6 is 0 Å². The second kappa shape index (κ2) is 5.96. The number of fused-ring (bicyclic) bond motifs is 2. The number of pyridine rings is 1. The Morgan fingerprint density at radius 2 is 1.83 bits per heavy atom. The summed E-state index contributed by atoms with van der Waals surface area (Å²) in [7, 11) is 0. The zero-order valence-electron chi connectivity index (χ0n) is 13.8. The Labute approximate surface area is 140 Å². The zero-order valence-corrected chi connectivity index (χ0v) is 13.8. The topological polar surface area (TPSA) is 50.8 Å². The summed E-state index contributed by atoms with van der Waals surface area (Å²) in [5.41, 5.74) is 2.61. The van der Waals surface area contributed by atoms with Gasteiger partial charge in [0.25, 0.3) is 0 Å². The highest BCUT2D eigenvalue weighted by Crippen LogP contribution is 2.34. The van der Waals surface area contributed by atoms with Gasteiger partial charge in [0, 0.05) is 6.20 Å². The minimum Gasteiger partial charge on any atom is -0.493 e. The molecule has 2 aromatic heterocycles. The quantitative estimate of drug-likeness (QED) is 0.587. The van der Waals surface area contributed by atoms with E-state index in [1.807, 2.05) is 24.3 Å². The number of aromatic amines is 1. The number of H-pyrrole nitrogens is 1. The Morgan fingerprint density at radius 3 is 2.58 bits per heavy atom. The van der Waals surface area contributed by atoms with Crippen LogP contribution in [0.5, 0.6) is 5.75 Å². The van der Waals surface area contributed by atoms with Gasteiger partial charge in [0.05, 0.1) is 17.7 Å². The number of aromatic nitrogens is 3. The van der Waals surface area contributed by atoms with Crippen LogP contribution in [0.25, 0.3) is 33.3 Å². The van der Waals surface area contributed by atoms with Crippen molar-refractivity contribution in [2.24, 2.45) is 5.92 Å². The maximum absolute atomic E-state index is 6.08. The number of nitrogens with one attached hydrogen (secondary N) is 1. The van der Waals surface area contributed by atoms with E-state index in [0.29, 0.717) is 12.5 Å². The van der Waals surface area contributed by atoms with E-state index in [2.05, 4.69) is 53.1 Å². The van der Waals surface area contributed by atoms with Crippen LogP contribution in [0.4, 0.5) is 0 Å². The lowest BCUT2D eigenvalue weighted by molar-refractivity contribution is 0.272. The SMILES string of the molecule is CC(C)COc1cc2ccccc2cc1-c1nc2ncccc2[nH]1. The first-order chi connectivity index (χ1) is 11.7. The highest BCUT2D eigenvalue weighted by Gasteiger charge is 2.13. The van der Waals surface area contributed by atoms with Crippen LogP contribution < -0.4 is 4.74 Å². The summed E-state index contributed by atoms with van der Waals surface area (Å²) in [6.45, 7) is 4.96. The lowest BCUT2D eigenvalue weighted by Crippen LogP contribution is -2.05.